The molecule has 2 heterocycles. The third-order valence-corrected chi connectivity index (χ3v) is 4.53. The van der Waals surface area contributed by atoms with Crippen LogP contribution in [0.2, 0.25) is 0 Å². The molecule has 0 aliphatic heterocycles. The number of thiophene rings is 1. The second-order valence-corrected chi connectivity index (χ2v) is 6.50. The molecule has 0 unspecified atom stereocenters. The highest BCUT2D eigenvalue weighted by Gasteiger charge is 2.14. The summed E-state index contributed by atoms with van der Waals surface area (Å²) in [7, 11) is 0. The SMILES string of the molecule is CCNc1ncnc(NCc2ccc(CC)s2)c1C(C)C. The molecule has 2 N–H and O–H groups in total. The maximum absolute atomic E-state index is 4.43. The van der Waals surface area contributed by atoms with Gasteiger partial charge in [0.05, 0.1) is 6.54 Å². The van der Waals surface area contributed by atoms with Crippen LogP contribution in [0, 0.1) is 0 Å². The number of nitrogens with zero attached hydrogens (tertiary/aromatic N) is 2. The molecule has 0 fully saturated rings. The van der Waals surface area contributed by atoms with Crippen molar-refractivity contribution in [3.05, 3.63) is 33.8 Å². The Morgan fingerprint density at radius 1 is 1.05 bits per heavy atom. The van der Waals surface area contributed by atoms with Gasteiger partial charge in [0.1, 0.15) is 18.0 Å². The fourth-order valence-electron chi connectivity index (χ4n) is 2.27. The first-order valence-corrected chi connectivity index (χ1v) is 8.37. The molecule has 0 saturated carbocycles. The first-order valence-electron chi connectivity index (χ1n) is 7.55. The lowest BCUT2D eigenvalue weighted by atomic mass is 10.0. The summed E-state index contributed by atoms with van der Waals surface area (Å²) in [5.74, 6) is 2.24. The van der Waals surface area contributed by atoms with Gasteiger partial charge < -0.3 is 10.6 Å². The Morgan fingerprint density at radius 2 is 1.71 bits per heavy atom. The van der Waals surface area contributed by atoms with E-state index in [1.165, 1.54) is 9.75 Å². The van der Waals surface area contributed by atoms with Gasteiger partial charge in [-0.3, -0.25) is 0 Å². The fraction of sp³-hybridized carbons (Fsp3) is 0.500. The molecule has 114 valence electrons. The zero-order valence-electron chi connectivity index (χ0n) is 13.2. The minimum atomic E-state index is 0.372. The Labute approximate surface area is 131 Å². The topological polar surface area (TPSA) is 49.8 Å². The van der Waals surface area contributed by atoms with E-state index in [-0.39, 0.29) is 0 Å². The maximum atomic E-state index is 4.43. The molecule has 0 amide bonds. The summed E-state index contributed by atoms with van der Waals surface area (Å²) in [5.41, 5.74) is 1.16. The zero-order valence-corrected chi connectivity index (χ0v) is 14.0. The Bertz CT molecular complexity index is 577. The highest BCUT2D eigenvalue weighted by Crippen LogP contribution is 2.29. The van der Waals surface area contributed by atoms with Crippen molar-refractivity contribution in [3.8, 4) is 0 Å². The van der Waals surface area contributed by atoms with E-state index in [9.17, 15) is 0 Å². The predicted molar refractivity (Wildman–Crippen MR) is 91.3 cm³/mol. The molecule has 2 rings (SSSR count). The van der Waals surface area contributed by atoms with Gasteiger partial charge in [-0.25, -0.2) is 9.97 Å². The van der Waals surface area contributed by atoms with Crippen molar-refractivity contribution in [2.75, 3.05) is 17.2 Å². The summed E-state index contributed by atoms with van der Waals surface area (Å²) < 4.78 is 0. The normalized spacial score (nSPS) is 10.9. The molecule has 5 heteroatoms. The molecule has 0 radical (unpaired) electrons. The molecule has 0 aromatic carbocycles. The van der Waals surface area contributed by atoms with E-state index in [0.29, 0.717) is 5.92 Å². The first kappa shape index (κ1) is 15.8. The van der Waals surface area contributed by atoms with Crippen molar-refractivity contribution < 1.29 is 0 Å². The summed E-state index contributed by atoms with van der Waals surface area (Å²) in [5, 5.41) is 6.79. The molecule has 4 nitrogen and oxygen atoms in total. The Morgan fingerprint density at radius 3 is 2.29 bits per heavy atom. The van der Waals surface area contributed by atoms with Crippen molar-refractivity contribution in [1.29, 1.82) is 0 Å². The van der Waals surface area contributed by atoms with Gasteiger partial charge in [0, 0.05) is 21.9 Å². The van der Waals surface area contributed by atoms with E-state index in [1.807, 2.05) is 11.3 Å². The lowest BCUT2D eigenvalue weighted by Crippen LogP contribution is -2.10. The van der Waals surface area contributed by atoms with Gasteiger partial charge in [-0.2, -0.15) is 0 Å². The van der Waals surface area contributed by atoms with E-state index in [4.69, 9.17) is 0 Å². The summed E-state index contributed by atoms with van der Waals surface area (Å²) in [6.07, 6.45) is 2.72. The molecular weight excluding hydrogens is 280 g/mol. The van der Waals surface area contributed by atoms with Crippen molar-refractivity contribution in [1.82, 2.24) is 9.97 Å². The van der Waals surface area contributed by atoms with E-state index in [1.54, 1.807) is 6.33 Å². The summed E-state index contributed by atoms with van der Waals surface area (Å²) in [4.78, 5) is 11.6. The number of aryl methyl sites for hydroxylation is 1. The van der Waals surface area contributed by atoms with Gasteiger partial charge in [-0.1, -0.05) is 20.8 Å². The molecular formula is C16H24N4S. The quantitative estimate of drug-likeness (QED) is 0.802. The van der Waals surface area contributed by atoms with Gasteiger partial charge in [-0.15, -0.1) is 11.3 Å². The number of anilines is 2. The number of rotatable bonds is 7. The van der Waals surface area contributed by atoms with Crippen molar-refractivity contribution in [3.63, 3.8) is 0 Å². The highest BCUT2D eigenvalue weighted by molar-refractivity contribution is 7.12. The van der Waals surface area contributed by atoms with Crippen LogP contribution in [-0.4, -0.2) is 16.5 Å². The predicted octanol–water partition coefficient (Wildman–Crippen LogP) is 4.27. The van der Waals surface area contributed by atoms with E-state index in [0.717, 1.165) is 36.7 Å². The third-order valence-electron chi connectivity index (χ3n) is 3.30. The second kappa shape index (κ2) is 7.41. The summed E-state index contributed by atoms with van der Waals surface area (Å²) in [6, 6.07) is 4.40. The second-order valence-electron chi connectivity index (χ2n) is 5.24. The standard InChI is InChI=1S/C16H24N4S/c1-5-12-7-8-13(21-12)9-18-16-14(11(3)4)15(17-6-2)19-10-20-16/h7-8,10-11H,5-6,9H2,1-4H3,(H2,17,18,19,20). The van der Waals surface area contributed by atoms with Crippen LogP contribution >= 0.6 is 11.3 Å². The number of hydrogen-bond donors (Lipinski definition) is 2. The molecule has 2 aromatic rings. The van der Waals surface area contributed by atoms with Crippen molar-refractivity contribution in [2.45, 2.75) is 46.6 Å². The summed E-state index contributed by atoms with van der Waals surface area (Å²) >= 11 is 1.86. The molecule has 2 aromatic heterocycles. The molecule has 0 atom stereocenters. The van der Waals surface area contributed by atoms with Crippen LogP contribution in [-0.2, 0) is 13.0 Å². The molecule has 21 heavy (non-hydrogen) atoms. The van der Waals surface area contributed by atoms with Crippen LogP contribution in [0.3, 0.4) is 0 Å². The van der Waals surface area contributed by atoms with Gasteiger partial charge in [0.25, 0.3) is 0 Å². The molecule has 0 aliphatic carbocycles. The monoisotopic (exact) mass is 304 g/mol. The average Bonchev–Trinajstić information content (AvgIpc) is 2.93. The molecule has 0 saturated heterocycles. The number of nitrogens with one attached hydrogen (secondary N) is 2. The summed E-state index contributed by atoms with van der Waals surface area (Å²) in [6.45, 7) is 10.3. The minimum absolute atomic E-state index is 0.372. The Balaban J connectivity index is 2.16. The van der Waals surface area contributed by atoms with E-state index < -0.39 is 0 Å². The maximum Gasteiger partial charge on any atom is 0.135 e. The van der Waals surface area contributed by atoms with E-state index >= 15 is 0 Å². The Hall–Kier alpha value is -1.62. The van der Waals surface area contributed by atoms with E-state index in [2.05, 4.69) is 60.4 Å². The van der Waals surface area contributed by atoms with Crippen LogP contribution in [0.4, 0.5) is 11.6 Å². The highest BCUT2D eigenvalue weighted by atomic mass is 32.1. The van der Waals surface area contributed by atoms with Crippen LogP contribution in [0.1, 0.15) is 48.9 Å². The minimum Gasteiger partial charge on any atom is -0.370 e. The lowest BCUT2D eigenvalue weighted by molar-refractivity contribution is 0.844. The zero-order chi connectivity index (χ0) is 15.2. The molecule has 0 aliphatic rings. The van der Waals surface area contributed by atoms with Crippen molar-refractivity contribution >= 4 is 23.0 Å². The van der Waals surface area contributed by atoms with Gasteiger partial charge in [0.15, 0.2) is 0 Å². The van der Waals surface area contributed by atoms with Crippen LogP contribution in [0.5, 0.6) is 0 Å². The van der Waals surface area contributed by atoms with Gasteiger partial charge >= 0.3 is 0 Å². The number of hydrogen-bond acceptors (Lipinski definition) is 5. The fourth-order valence-corrected chi connectivity index (χ4v) is 3.17. The smallest absolute Gasteiger partial charge is 0.135 e. The number of aromatic nitrogens is 2. The van der Waals surface area contributed by atoms with Gasteiger partial charge in [0.2, 0.25) is 0 Å². The van der Waals surface area contributed by atoms with Crippen LogP contribution < -0.4 is 10.6 Å². The van der Waals surface area contributed by atoms with Crippen LogP contribution in [0.15, 0.2) is 18.5 Å². The van der Waals surface area contributed by atoms with Gasteiger partial charge in [-0.05, 0) is 31.4 Å². The molecule has 0 spiro atoms. The first-order chi connectivity index (χ1) is 10.2. The molecule has 0 bridgehead atoms. The van der Waals surface area contributed by atoms with Crippen LogP contribution in [0.25, 0.3) is 0 Å². The Kier molecular flexibility index (Phi) is 5.56. The third kappa shape index (κ3) is 3.94. The largest absolute Gasteiger partial charge is 0.370 e. The van der Waals surface area contributed by atoms with Crippen molar-refractivity contribution in [2.24, 2.45) is 0 Å². The lowest BCUT2D eigenvalue weighted by Gasteiger charge is -2.17. The average molecular weight is 304 g/mol.